The fourth-order valence-corrected chi connectivity index (χ4v) is 3.19. The van der Waals surface area contributed by atoms with Gasteiger partial charge in [-0.25, -0.2) is 13.2 Å². The van der Waals surface area contributed by atoms with E-state index in [1.807, 2.05) is 0 Å². The van der Waals surface area contributed by atoms with Gasteiger partial charge in [-0.15, -0.1) is 0 Å². The van der Waals surface area contributed by atoms with Crippen LogP contribution < -0.4 is 5.32 Å². The van der Waals surface area contributed by atoms with E-state index in [2.05, 4.69) is 5.32 Å². The van der Waals surface area contributed by atoms with Crippen LogP contribution in [0.15, 0.2) is 0 Å². The van der Waals surface area contributed by atoms with Gasteiger partial charge in [-0.2, -0.15) is 4.31 Å². The molecule has 0 bridgehead atoms. The zero-order chi connectivity index (χ0) is 15.2. The van der Waals surface area contributed by atoms with E-state index in [1.165, 1.54) is 16.1 Å². The number of hydrogen-bond acceptors (Lipinski definition) is 5. The number of rotatable bonds is 5. The zero-order valence-corrected chi connectivity index (χ0v) is 12.6. The topological polar surface area (TPSA) is 96.0 Å². The predicted octanol–water partition coefficient (Wildman–Crippen LogP) is -0.774. The third-order valence-corrected chi connectivity index (χ3v) is 4.76. The van der Waals surface area contributed by atoms with E-state index >= 15 is 0 Å². The van der Waals surface area contributed by atoms with E-state index in [0.717, 1.165) is 0 Å². The lowest BCUT2D eigenvalue weighted by Gasteiger charge is -2.33. The molecule has 116 valence electrons. The van der Waals surface area contributed by atoms with Crippen molar-refractivity contribution in [2.75, 3.05) is 45.1 Å². The summed E-state index contributed by atoms with van der Waals surface area (Å²) in [6.45, 7) is 4.59. The minimum atomic E-state index is -3.40. The molecule has 1 aliphatic heterocycles. The third-order valence-electron chi connectivity index (χ3n) is 2.89. The van der Waals surface area contributed by atoms with E-state index in [1.54, 1.807) is 6.92 Å². The quantitative estimate of drug-likeness (QED) is 0.719. The SMILES string of the molecule is CCOC(=O)N1CCN(S(=O)(=O)CCNC(C)=O)CC1. The molecular weight excluding hydrogens is 286 g/mol. The Kier molecular flexibility index (Phi) is 6.21. The van der Waals surface area contributed by atoms with Gasteiger partial charge in [0.2, 0.25) is 15.9 Å². The number of nitrogens with one attached hydrogen (secondary N) is 1. The lowest BCUT2D eigenvalue weighted by molar-refractivity contribution is -0.118. The molecule has 1 aliphatic rings. The number of carbonyl (C=O) groups is 2. The summed E-state index contributed by atoms with van der Waals surface area (Å²) >= 11 is 0. The molecule has 1 heterocycles. The van der Waals surface area contributed by atoms with Crippen LogP contribution in [0.4, 0.5) is 4.79 Å². The normalized spacial score (nSPS) is 16.8. The standard InChI is InChI=1S/C11H21N3O5S/c1-3-19-11(16)13-5-7-14(8-6-13)20(17,18)9-4-12-10(2)15/h3-9H2,1-2H3,(H,12,15). The molecule has 0 spiro atoms. The van der Waals surface area contributed by atoms with E-state index in [-0.39, 0.29) is 31.3 Å². The first-order chi connectivity index (χ1) is 9.36. The van der Waals surface area contributed by atoms with Gasteiger partial charge < -0.3 is 15.0 Å². The Morgan fingerprint density at radius 3 is 2.30 bits per heavy atom. The average molecular weight is 307 g/mol. The molecule has 0 unspecified atom stereocenters. The molecule has 0 aromatic heterocycles. The Morgan fingerprint density at radius 1 is 1.20 bits per heavy atom. The van der Waals surface area contributed by atoms with Crippen LogP contribution in [0.3, 0.4) is 0 Å². The minimum absolute atomic E-state index is 0.0930. The summed E-state index contributed by atoms with van der Waals surface area (Å²) in [5.41, 5.74) is 0. The van der Waals surface area contributed by atoms with Gasteiger partial charge in [-0.05, 0) is 6.92 Å². The molecule has 8 nitrogen and oxygen atoms in total. The largest absolute Gasteiger partial charge is 0.450 e. The summed E-state index contributed by atoms with van der Waals surface area (Å²) < 4.78 is 30.2. The number of amides is 2. The highest BCUT2D eigenvalue weighted by Crippen LogP contribution is 2.09. The molecule has 0 aromatic rings. The fraction of sp³-hybridized carbons (Fsp3) is 0.818. The Morgan fingerprint density at radius 2 is 1.80 bits per heavy atom. The van der Waals surface area contributed by atoms with Crippen LogP contribution in [-0.4, -0.2) is 74.7 Å². The monoisotopic (exact) mass is 307 g/mol. The number of carbonyl (C=O) groups excluding carboxylic acids is 2. The van der Waals surface area contributed by atoms with Crippen LogP contribution in [0.1, 0.15) is 13.8 Å². The predicted molar refractivity (Wildman–Crippen MR) is 72.6 cm³/mol. The highest BCUT2D eigenvalue weighted by molar-refractivity contribution is 7.89. The van der Waals surface area contributed by atoms with Gasteiger partial charge >= 0.3 is 6.09 Å². The van der Waals surface area contributed by atoms with E-state index in [0.29, 0.717) is 19.7 Å². The molecule has 0 saturated carbocycles. The van der Waals surface area contributed by atoms with Crippen LogP contribution in [-0.2, 0) is 19.6 Å². The first-order valence-corrected chi connectivity index (χ1v) is 8.11. The van der Waals surface area contributed by atoms with Gasteiger partial charge in [0.1, 0.15) is 0 Å². The van der Waals surface area contributed by atoms with E-state index in [4.69, 9.17) is 4.74 Å². The lowest BCUT2D eigenvalue weighted by atomic mass is 10.4. The molecule has 0 radical (unpaired) electrons. The van der Waals surface area contributed by atoms with Gasteiger partial charge in [-0.1, -0.05) is 0 Å². The molecule has 1 saturated heterocycles. The number of hydrogen-bond donors (Lipinski definition) is 1. The van der Waals surface area contributed by atoms with Crippen molar-refractivity contribution in [3.63, 3.8) is 0 Å². The van der Waals surface area contributed by atoms with E-state index < -0.39 is 16.1 Å². The zero-order valence-electron chi connectivity index (χ0n) is 11.8. The molecule has 0 aromatic carbocycles. The summed E-state index contributed by atoms with van der Waals surface area (Å²) in [4.78, 5) is 23.7. The Hall–Kier alpha value is -1.35. The van der Waals surface area contributed by atoms with Crippen LogP contribution in [0.25, 0.3) is 0 Å². The van der Waals surface area contributed by atoms with Gasteiger partial charge in [0.15, 0.2) is 0 Å². The van der Waals surface area contributed by atoms with Gasteiger partial charge in [0.05, 0.1) is 12.4 Å². The highest BCUT2D eigenvalue weighted by Gasteiger charge is 2.28. The second-order valence-electron chi connectivity index (χ2n) is 4.38. The van der Waals surface area contributed by atoms with Crippen LogP contribution in [0.5, 0.6) is 0 Å². The first-order valence-electron chi connectivity index (χ1n) is 6.50. The number of nitrogens with zero attached hydrogens (tertiary/aromatic N) is 2. The first kappa shape index (κ1) is 16.7. The summed E-state index contributed by atoms with van der Waals surface area (Å²) in [6.07, 6.45) is -0.414. The summed E-state index contributed by atoms with van der Waals surface area (Å²) in [7, 11) is -3.40. The van der Waals surface area contributed by atoms with Crippen LogP contribution in [0.2, 0.25) is 0 Å². The number of ether oxygens (including phenoxy) is 1. The maximum atomic E-state index is 12.0. The van der Waals surface area contributed by atoms with Crippen LogP contribution >= 0.6 is 0 Å². The van der Waals surface area contributed by atoms with E-state index in [9.17, 15) is 18.0 Å². The number of sulfonamides is 1. The van der Waals surface area contributed by atoms with Crippen molar-refractivity contribution in [3.8, 4) is 0 Å². The third kappa shape index (κ3) is 4.97. The molecule has 9 heteroatoms. The molecule has 0 aliphatic carbocycles. The molecule has 1 fully saturated rings. The molecule has 0 atom stereocenters. The average Bonchev–Trinajstić information content (AvgIpc) is 2.38. The Labute approximate surface area is 119 Å². The second kappa shape index (κ2) is 7.44. The molecule has 1 rings (SSSR count). The van der Waals surface area contributed by atoms with Crippen molar-refractivity contribution >= 4 is 22.0 Å². The smallest absolute Gasteiger partial charge is 0.409 e. The molecule has 1 N–H and O–H groups in total. The van der Waals surface area contributed by atoms with Crippen molar-refractivity contribution in [1.29, 1.82) is 0 Å². The summed E-state index contributed by atoms with van der Waals surface area (Å²) in [5, 5.41) is 2.46. The summed E-state index contributed by atoms with van der Waals surface area (Å²) in [5.74, 6) is -0.390. The van der Waals surface area contributed by atoms with Crippen molar-refractivity contribution in [1.82, 2.24) is 14.5 Å². The maximum Gasteiger partial charge on any atom is 0.409 e. The van der Waals surface area contributed by atoms with Gasteiger partial charge in [-0.3, -0.25) is 4.79 Å². The number of piperazine rings is 1. The van der Waals surface area contributed by atoms with Gasteiger partial charge in [0.25, 0.3) is 0 Å². The minimum Gasteiger partial charge on any atom is -0.450 e. The van der Waals surface area contributed by atoms with Crippen LogP contribution in [0, 0.1) is 0 Å². The van der Waals surface area contributed by atoms with Crippen molar-refractivity contribution < 1.29 is 22.7 Å². The lowest BCUT2D eigenvalue weighted by Crippen LogP contribution is -2.51. The molecular formula is C11H21N3O5S. The van der Waals surface area contributed by atoms with Crippen molar-refractivity contribution in [2.24, 2.45) is 0 Å². The second-order valence-corrected chi connectivity index (χ2v) is 6.47. The molecule has 20 heavy (non-hydrogen) atoms. The highest BCUT2D eigenvalue weighted by atomic mass is 32.2. The molecule has 2 amide bonds. The summed E-state index contributed by atoms with van der Waals surface area (Å²) in [6, 6.07) is 0. The fourth-order valence-electron chi connectivity index (χ4n) is 1.85. The maximum absolute atomic E-state index is 12.0. The van der Waals surface area contributed by atoms with Crippen molar-refractivity contribution in [3.05, 3.63) is 0 Å². The Balaban J connectivity index is 2.43. The Bertz CT molecular complexity index is 443. The van der Waals surface area contributed by atoms with Crippen molar-refractivity contribution in [2.45, 2.75) is 13.8 Å². The van der Waals surface area contributed by atoms with Gasteiger partial charge in [0, 0.05) is 39.6 Å².